The van der Waals surface area contributed by atoms with Gasteiger partial charge in [0.2, 0.25) is 0 Å². The van der Waals surface area contributed by atoms with Crippen molar-refractivity contribution < 1.29 is 14.6 Å². The Hall–Kier alpha value is -3.53. The molecule has 0 heterocycles. The van der Waals surface area contributed by atoms with E-state index in [1.54, 1.807) is 12.1 Å². The molecule has 0 bridgehead atoms. The molecule has 2 aromatic rings. The van der Waals surface area contributed by atoms with Crippen molar-refractivity contribution in [3.05, 3.63) is 67.8 Å². The Labute approximate surface area is 149 Å². The molecule has 4 N–H and O–H groups in total. The van der Waals surface area contributed by atoms with E-state index in [1.165, 1.54) is 18.2 Å². The molecule has 0 radical (unpaired) electrons. The molecule has 0 fully saturated rings. The maximum atomic E-state index is 10.6. The molecule has 10 heteroatoms. The van der Waals surface area contributed by atoms with Crippen LogP contribution in [0.1, 0.15) is 15.9 Å². The molecule has 0 aliphatic rings. The van der Waals surface area contributed by atoms with Crippen LogP contribution < -0.4 is 11.5 Å². The van der Waals surface area contributed by atoms with Crippen molar-refractivity contribution in [2.24, 2.45) is 0 Å². The number of hydrogen-bond donors (Lipinski definition) is 2. The number of hydrogen-bond acceptors (Lipinski definition) is 8. The number of anilines is 2. The highest BCUT2D eigenvalue weighted by molar-refractivity contribution is 5.78. The molecule has 0 saturated carbocycles. The van der Waals surface area contributed by atoms with Crippen molar-refractivity contribution in [2.45, 2.75) is 6.54 Å². The van der Waals surface area contributed by atoms with Crippen molar-refractivity contribution in [1.82, 2.24) is 4.90 Å². The number of carbonyl (C=O) groups excluding carboxylic acids is 1. The Morgan fingerprint density at radius 1 is 0.962 bits per heavy atom. The van der Waals surface area contributed by atoms with E-state index in [0.29, 0.717) is 12.8 Å². The highest BCUT2D eigenvalue weighted by Gasteiger charge is 2.12. The van der Waals surface area contributed by atoms with E-state index in [-0.39, 0.29) is 28.3 Å². The van der Waals surface area contributed by atoms with Gasteiger partial charge in [0.25, 0.3) is 11.4 Å². The van der Waals surface area contributed by atoms with Gasteiger partial charge in [0.1, 0.15) is 17.7 Å². The molecule has 0 spiro atoms. The van der Waals surface area contributed by atoms with Crippen LogP contribution in [-0.2, 0) is 6.54 Å². The monoisotopic (exact) mass is 361 g/mol. The van der Waals surface area contributed by atoms with Crippen molar-refractivity contribution in [3.63, 3.8) is 0 Å². The zero-order chi connectivity index (χ0) is 19.9. The number of rotatable bonds is 5. The summed E-state index contributed by atoms with van der Waals surface area (Å²) in [5, 5.41) is 20.9. The van der Waals surface area contributed by atoms with Gasteiger partial charge in [-0.2, -0.15) is 0 Å². The van der Waals surface area contributed by atoms with Crippen molar-refractivity contribution in [3.8, 4) is 0 Å². The van der Waals surface area contributed by atoms with E-state index in [9.17, 15) is 25.0 Å². The van der Waals surface area contributed by atoms with Crippen LogP contribution in [0.4, 0.5) is 22.7 Å². The summed E-state index contributed by atoms with van der Waals surface area (Å²) in [4.78, 5) is 32.0. The molecule has 26 heavy (non-hydrogen) atoms. The average molecular weight is 361 g/mol. The molecule has 0 aromatic heterocycles. The first-order valence-corrected chi connectivity index (χ1v) is 7.32. The lowest BCUT2D eigenvalue weighted by Crippen LogP contribution is -2.11. The first kappa shape index (κ1) is 20.5. The zero-order valence-corrected chi connectivity index (χ0v) is 14.3. The standard InChI is InChI=1S/C9H13N3O2.C7H6N2O3/c1-11(2)6-7-3-4-8(10)9(5-7)12(13)14;8-6-2-1-5(4-10)3-7(6)9(11)12/h3-5H,6,10H2,1-2H3;1-4H,8H2. The predicted molar refractivity (Wildman–Crippen MR) is 97.8 cm³/mol. The number of nitro groups is 2. The fourth-order valence-corrected chi connectivity index (χ4v) is 2.00. The van der Waals surface area contributed by atoms with Crippen molar-refractivity contribution in [2.75, 3.05) is 25.6 Å². The van der Waals surface area contributed by atoms with Crippen LogP contribution in [0, 0.1) is 20.2 Å². The normalized spacial score (nSPS) is 9.96. The van der Waals surface area contributed by atoms with Gasteiger partial charge in [-0.1, -0.05) is 6.07 Å². The van der Waals surface area contributed by atoms with Crippen LogP contribution in [0.25, 0.3) is 0 Å². The fourth-order valence-electron chi connectivity index (χ4n) is 2.00. The molecule has 0 atom stereocenters. The van der Waals surface area contributed by atoms with Crippen molar-refractivity contribution in [1.29, 1.82) is 0 Å². The molecule has 0 saturated heterocycles. The van der Waals surface area contributed by atoms with E-state index in [2.05, 4.69) is 0 Å². The van der Waals surface area contributed by atoms with Gasteiger partial charge in [0.15, 0.2) is 0 Å². The van der Waals surface area contributed by atoms with Gasteiger partial charge in [0, 0.05) is 24.2 Å². The molecule has 0 aliphatic heterocycles. The van der Waals surface area contributed by atoms with Gasteiger partial charge in [-0.15, -0.1) is 0 Å². The van der Waals surface area contributed by atoms with Gasteiger partial charge >= 0.3 is 0 Å². The van der Waals surface area contributed by atoms with Crippen LogP contribution in [0.3, 0.4) is 0 Å². The maximum absolute atomic E-state index is 10.6. The van der Waals surface area contributed by atoms with Gasteiger partial charge in [-0.05, 0) is 37.9 Å². The molecule has 10 nitrogen and oxygen atoms in total. The SMILES string of the molecule is CN(C)Cc1ccc(N)c([N+](=O)[O-])c1.Nc1ccc(C=O)cc1[N+](=O)[O-]. The molecular weight excluding hydrogens is 342 g/mol. The van der Waals surface area contributed by atoms with Gasteiger partial charge in [-0.25, -0.2) is 0 Å². The Bertz CT molecular complexity index is 823. The number of aldehydes is 1. The number of benzene rings is 2. The van der Waals surface area contributed by atoms with Gasteiger partial charge < -0.3 is 16.4 Å². The first-order chi connectivity index (χ1) is 12.1. The Morgan fingerprint density at radius 2 is 1.46 bits per heavy atom. The summed E-state index contributed by atoms with van der Waals surface area (Å²) in [7, 11) is 3.81. The molecule has 2 rings (SSSR count). The Kier molecular flexibility index (Phi) is 7.17. The average Bonchev–Trinajstić information content (AvgIpc) is 2.56. The lowest BCUT2D eigenvalue weighted by atomic mass is 10.1. The maximum Gasteiger partial charge on any atom is 0.292 e. The number of carbonyl (C=O) groups is 1. The summed E-state index contributed by atoms with van der Waals surface area (Å²) in [6.07, 6.45) is 0.534. The first-order valence-electron chi connectivity index (χ1n) is 7.32. The molecule has 2 aromatic carbocycles. The van der Waals surface area contributed by atoms with E-state index in [4.69, 9.17) is 11.5 Å². The van der Waals surface area contributed by atoms with Crippen LogP contribution in [0.15, 0.2) is 36.4 Å². The topological polar surface area (TPSA) is 159 Å². The Balaban J connectivity index is 0.000000263. The van der Waals surface area contributed by atoms with Gasteiger partial charge in [-0.3, -0.25) is 25.0 Å². The van der Waals surface area contributed by atoms with E-state index in [1.807, 2.05) is 19.0 Å². The van der Waals surface area contributed by atoms with Crippen LogP contribution in [-0.4, -0.2) is 35.1 Å². The summed E-state index contributed by atoms with van der Waals surface area (Å²) in [5.74, 6) is 0. The number of nitrogen functional groups attached to an aromatic ring is 2. The lowest BCUT2D eigenvalue weighted by molar-refractivity contribution is -0.384. The predicted octanol–water partition coefficient (Wildman–Crippen LogP) is 2.23. The summed E-state index contributed by atoms with van der Waals surface area (Å²) in [5.41, 5.74) is 11.9. The minimum atomic E-state index is -0.623. The zero-order valence-electron chi connectivity index (χ0n) is 14.3. The minimum absolute atomic E-state index is 0.0237. The third-order valence-corrected chi connectivity index (χ3v) is 3.18. The number of nitrogens with zero attached hydrogens (tertiary/aromatic N) is 3. The minimum Gasteiger partial charge on any atom is -0.393 e. The molecule has 138 valence electrons. The van der Waals surface area contributed by atoms with Gasteiger partial charge in [0.05, 0.1) is 9.85 Å². The largest absolute Gasteiger partial charge is 0.393 e. The van der Waals surface area contributed by atoms with E-state index >= 15 is 0 Å². The van der Waals surface area contributed by atoms with Crippen molar-refractivity contribution >= 4 is 29.0 Å². The highest BCUT2D eigenvalue weighted by atomic mass is 16.6. The lowest BCUT2D eigenvalue weighted by Gasteiger charge is -2.09. The Morgan fingerprint density at radius 3 is 1.92 bits per heavy atom. The van der Waals surface area contributed by atoms with Crippen LogP contribution in [0.2, 0.25) is 0 Å². The van der Waals surface area contributed by atoms with E-state index in [0.717, 1.165) is 11.6 Å². The highest BCUT2D eigenvalue weighted by Crippen LogP contribution is 2.22. The third kappa shape index (κ3) is 5.83. The summed E-state index contributed by atoms with van der Waals surface area (Å²) in [6.45, 7) is 0.668. The third-order valence-electron chi connectivity index (χ3n) is 3.18. The van der Waals surface area contributed by atoms with E-state index < -0.39 is 9.85 Å². The summed E-state index contributed by atoms with van der Waals surface area (Å²) in [6, 6.07) is 8.77. The molecule has 0 unspecified atom stereocenters. The molecular formula is C16H19N5O5. The smallest absolute Gasteiger partial charge is 0.292 e. The summed E-state index contributed by atoms with van der Waals surface area (Å²) >= 11 is 0. The van der Waals surface area contributed by atoms with Crippen LogP contribution >= 0.6 is 0 Å². The summed E-state index contributed by atoms with van der Waals surface area (Å²) < 4.78 is 0. The fraction of sp³-hybridized carbons (Fsp3) is 0.188. The molecule has 0 amide bonds. The second-order valence-electron chi connectivity index (χ2n) is 5.58. The number of nitrogens with two attached hydrogens (primary N) is 2. The molecule has 0 aliphatic carbocycles. The second kappa shape index (κ2) is 9.08. The quantitative estimate of drug-likeness (QED) is 0.355. The van der Waals surface area contributed by atoms with Crippen LogP contribution in [0.5, 0.6) is 0 Å². The second-order valence-corrected chi connectivity index (χ2v) is 5.58. The number of nitro benzene ring substituents is 2.